The number of aromatic amines is 1. The molecule has 5 nitrogen and oxygen atoms in total. The minimum absolute atomic E-state index is 0.0361. The molecule has 0 radical (unpaired) electrons. The van der Waals surface area contributed by atoms with E-state index < -0.39 is 0 Å². The Balaban J connectivity index is 1.21. The standard InChI is InChI=1S/C32H30N4O/c1-3-36-29-12-5-4-9-23(29)26-20-22(15-17-30(26)36)34-31(37)13-8-10-24-25-19-21(2)14-16-27(25)35-32(24)28-11-6-7-18-33-28/h4-7,9,11-12,14-20,35H,3,8,10,13H2,1-2H3,(H,34,37). The normalized spacial score (nSPS) is 11.5. The van der Waals surface area contributed by atoms with E-state index in [1.165, 1.54) is 38.3 Å². The van der Waals surface area contributed by atoms with Crippen molar-refractivity contribution in [3.05, 3.63) is 96.2 Å². The van der Waals surface area contributed by atoms with Gasteiger partial charge in [-0.05, 0) is 80.8 Å². The summed E-state index contributed by atoms with van der Waals surface area (Å²) in [6.07, 6.45) is 3.82. The number of pyridine rings is 1. The molecule has 1 amide bonds. The number of aryl methyl sites for hydroxylation is 3. The van der Waals surface area contributed by atoms with E-state index in [1.54, 1.807) is 0 Å². The summed E-state index contributed by atoms with van der Waals surface area (Å²) in [5.74, 6) is 0.0361. The number of hydrogen-bond donors (Lipinski definition) is 2. The number of H-pyrrole nitrogens is 1. The van der Waals surface area contributed by atoms with Gasteiger partial charge in [0.25, 0.3) is 0 Å². The van der Waals surface area contributed by atoms with Crippen molar-refractivity contribution >= 4 is 44.3 Å². The summed E-state index contributed by atoms with van der Waals surface area (Å²) < 4.78 is 2.32. The Morgan fingerprint density at radius 2 is 1.76 bits per heavy atom. The van der Waals surface area contributed by atoms with Gasteiger partial charge in [0, 0.05) is 57.6 Å². The second kappa shape index (κ2) is 9.58. The lowest BCUT2D eigenvalue weighted by molar-refractivity contribution is -0.116. The summed E-state index contributed by atoms with van der Waals surface area (Å²) in [4.78, 5) is 21.1. The lowest BCUT2D eigenvalue weighted by Gasteiger charge is -2.08. The number of carbonyl (C=O) groups is 1. The van der Waals surface area contributed by atoms with Crippen LogP contribution in [-0.2, 0) is 17.8 Å². The SMILES string of the molecule is CCn1c2ccccc2c2cc(NC(=O)CCCc3c(-c4ccccn4)[nH]c4ccc(C)cc34)ccc21. The first-order chi connectivity index (χ1) is 18.1. The van der Waals surface area contributed by atoms with Crippen LogP contribution in [0.1, 0.15) is 30.9 Å². The van der Waals surface area contributed by atoms with E-state index in [4.69, 9.17) is 0 Å². The molecule has 37 heavy (non-hydrogen) atoms. The molecule has 0 saturated carbocycles. The van der Waals surface area contributed by atoms with Crippen molar-refractivity contribution in [1.29, 1.82) is 0 Å². The van der Waals surface area contributed by atoms with Crippen LogP contribution in [-0.4, -0.2) is 20.4 Å². The number of benzene rings is 3. The second-order valence-electron chi connectivity index (χ2n) is 9.64. The van der Waals surface area contributed by atoms with Gasteiger partial charge in [0.05, 0.1) is 11.4 Å². The number of nitrogens with zero attached hydrogens (tertiary/aromatic N) is 2. The number of amides is 1. The minimum Gasteiger partial charge on any atom is -0.353 e. The summed E-state index contributed by atoms with van der Waals surface area (Å²) in [6.45, 7) is 5.18. The molecule has 3 aromatic carbocycles. The van der Waals surface area contributed by atoms with E-state index in [-0.39, 0.29) is 5.91 Å². The van der Waals surface area contributed by atoms with Gasteiger partial charge in [0.1, 0.15) is 0 Å². The zero-order valence-electron chi connectivity index (χ0n) is 21.2. The van der Waals surface area contributed by atoms with Gasteiger partial charge in [0.2, 0.25) is 5.91 Å². The third-order valence-electron chi connectivity index (χ3n) is 7.19. The van der Waals surface area contributed by atoms with Gasteiger partial charge in [-0.15, -0.1) is 0 Å². The minimum atomic E-state index is 0.0361. The highest BCUT2D eigenvalue weighted by Gasteiger charge is 2.15. The van der Waals surface area contributed by atoms with E-state index >= 15 is 0 Å². The molecule has 6 rings (SSSR count). The van der Waals surface area contributed by atoms with E-state index in [2.05, 4.69) is 88.3 Å². The first kappa shape index (κ1) is 23.0. The molecule has 0 saturated heterocycles. The van der Waals surface area contributed by atoms with Gasteiger partial charge < -0.3 is 14.9 Å². The van der Waals surface area contributed by atoms with Gasteiger partial charge >= 0.3 is 0 Å². The number of hydrogen-bond acceptors (Lipinski definition) is 2. The lowest BCUT2D eigenvalue weighted by atomic mass is 10.0. The van der Waals surface area contributed by atoms with Crippen molar-refractivity contribution in [2.75, 3.05) is 5.32 Å². The Kier molecular flexibility index (Phi) is 5.97. The first-order valence-electron chi connectivity index (χ1n) is 13.0. The zero-order valence-corrected chi connectivity index (χ0v) is 21.2. The number of aromatic nitrogens is 3. The molecule has 0 atom stereocenters. The highest BCUT2D eigenvalue weighted by Crippen LogP contribution is 2.32. The summed E-state index contributed by atoms with van der Waals surface area (Å²) >= 11 is 0. The van der Waals surface area contributed by atoms with Crippen LogP contribution in [0.2, 0.25) is 0 Å². The summed E-state index contributed by atoms with van der Waals surface area (Å²) in [6, 6.07) is 27.1. The molecule has 184 valence electrons. The summed E-state index contributed by atoms with van der Waals surface area (Å²) in [5, 5.41) is 6.72. The van der Waals surface area contributed by atoms with Crippen molar-refractivity contribution in [2.24, 2.45) is 0 Å². The predicted octanol–water partition coefficient (Wildman–Crippen LogP) is 7.63. The third-order valence-corrected chi connectivity index (χ3v) is 7.19. The summed E-state index contributed by atoms with van der Waals surface area (Å²) in [5.41, 5.74) is 8.77. The van der Waals surface area contributed by atoms with Crippen LogP contribution in [0.15, 0.2) is 85.1 Å². The van der Waals surface area contributed by atoms with Gasteiger partial charge in [-0.25, -0.2) is 0 Å². The smallest absolute Gasteiger partial charge is 0.224 e. The van der Waals surface area contributed by atoms with Crippen molar-refractivity contribution in [3.63, 3.8) is 0 Å². The molecule has 0 fully saturated rings. The fourth-order valence-electron chi connectivity index (χ4n) is 5.47. The number of para-hydroxylation sites is 1. The van der Waals surface area contributed by atoms with Crippen molar-refractivity contribution in [1.82, 2.24) is 14.5 Å². The molecule has 5 heteroatoms. The molecule has 3 heterocycles. The van der Waals surface area contributed by atoms with Gasteiger partial charge in [0.15, 0.2) is 0 Å². The molecule has 6 aromatic rings. The Morgan fingerprint density at radius 3 is 2.59 bits per heavy atom. The van der Waals surface area contributed by atoms with E-state index in [0.29, 0.717) is 6.42 Å². The van der Waals surface area contributed by atoms with Crippen LogP contribution < -0.4 is 5.32 Å². The number of anilines is 1. The quantitative estimate of drug-likeness (QED) is 0.244. The van der Waals surface area contributed by atoms with Gasteiger partial charge in [-0.1, -0.05) is 35.9 Å². The number of rotatable bonds is 7. The van der Waals surface area contributed by atoms with Gasteiger partial charge in [-0.2, -0.15) is 0 Å². The third kappa shape index (κ3) is 4.27. The van der Waals surface area contributed by atoms with Crippen LogP contribution in [0.4, 0.5) is 5.69 Å². The molecule has 0 aliphatic heterocycles. The Morgan fingerprint density at radius 1 is 0.919 bits per heavy atom. The Bertz CT molecular complexity index is 1740. The molecule has 0 aliphatic rings. The topological polar surface area (TPSA) is 62.7 Å². The Hall–Kier alpha value is -4.38. The van der Waals surface area contributed by atoms with Crippen LogP contribution in [0.5, 0.6) is 0 Å². The highest BCUT2D eigenvalue weighted by atomic mass is 16.1. The summed E-state index contributed by atoms with van der Waals surface area (Å²) in [7, 11) is 0. The monoisotopic (exact) mass is 486 g/mol. The van der Waals surface area contributed by atoms with Crippen molar-refractivity contribution in [2.45, 2.75) is 39.7 Å². The van der Waals surface area contributed by atoms with Crippen LogP contribution >= 0.6 is 0 Å². The largest absolute Gasteiger partial charge is 0.353 e. The van der Waals surface area contributed by atoms with Crippen LogP contribution in [0.25, 0.3) is 44.1 Å². The average molecular weight is 487 g/mol. The lowest BCUT2D eigenvalue weighted by Crippen LogP contribution is -2.11. The molecule has 0 aliphatic carbocycles. The molecule has 0 spiro atoms. The fraction of sp³-hybridized carbons (Fsp3) is 0.188. The molecule has 0 unspecified atom stereocenters. The maximum absolute atomic E-state index is 12.9. The predicted molar refractivity (Wildman–Crippen MR) is 153 cm³/mol. The molecule has 3 aromatic heterocycles. The number of carbonyl (C=O) groups excluding carboxylic acids is 1. The van der Waals surface area contributed by atoms with Crippen molar-refractivity contribution in [3.8, 4) is 11.4 Å². The fourth-order valence-corrected chi connectivity index (χ4v) is 5.47. The molecule has 0 bridgehead atoms. The molecular formula is C32H30N4O. The van der Waals surface area contributed by atoms with E-state index in [9.17, 15) is 4.79 Å². The van der Waals surface area contributed by atoms with E-state index in [1.807, 2.05) is 30.5 Å². The maximum atomic E-state index is 12.9. The number of fused-ring (bicyclic) bond motifs is 4. The second-order valence-corrected chi connectivity index (χ2v) is 9.64. The highest BCUT2D eigenvalue weighted by molar-refractivity contribution is 6.09. The zero-order chi connectivity index (χ0) is 25.4. The average Bonchev–Trinajstić information content (AvgIpc) is 3.44. The molecule has 2 N–H and O–H groups in total. The van der Waals surface area contributed by atoms with Crippen LogP contribution in [0, 0.1) is 6.92 Å². The Labute approximate surface area is 216 Å². The van der Waals surface area contributed by atoms with Gasteiger partial charge in [-0.3, -0.25) is 9.78 Å². The first-order valence-corrected chi connectivity index (χ1v) is 13.0. The maximum Gasteiger partial charge on any atom is 0.224 e. The number of nitrogens with one attached hydrogen (secondary N) is 2. The van der Waals surface area contributed by atoms with E-state index in [0.717, 1.165) is 42.0 Å². The molecular weight excluding hydrogens is 456 g/mol. The van der Waals surface area contributed by atoms with Crippen LogP contribution in [0.3, 0.4) is 0 Å². The van der Waals surface area contributed by atoms with Crippen molar-refractivity contribution < 1.29 is 4.79 Å².